The fourth-order valence-corrected chi connectivity index (χ4v) is 1.19. The van der Waals surface area contributed by atoms with Gasteiger partial charge in [-0.25, -0.2) is 9.59 Å². The van der Waals surface area contributed by atoms with Gasteiger partial charge in [-0.05, 0) is 0 Å². The number of aromatic nitrogens is 4. The molecule has 0 bridgehead atoms. The second-order valence-corrected chi connectivity index (χ2v) is 3.08. The third-order valence-corrected chi connectivity index (χ3v) is 1.96. The molecule has 0 saturated carbocycles. The van der Waals surface area contributed by atoms with Crippen molar-refractivity contribution in [1.29, 1.82) is 0 Å². The minimum Gasteiger partial charge on any atom is -0.477 e. The van der Waals surface area contributed by atoms with E-state index in [1.165, 1.54) is 0 Å². The average molecular weight is 238 g/mol. The van der Waals surface area contributed by atoms with Crippen LogP contribution in [0.4, 0.5) is 0 Å². The highest BCUT2D eigenvalue weighted by atomic mass is 16.5. The second kappa shape index (κ2) is 4.04. The highest BCUT2D eigenvalue weighted by Crippen LogP contribution is 1.93. The summed E-state index contributed by atoms with van der Waals surface area (Å²) >= 11 is 0. The lowest BCUT2D eigenvalue weighted by Crippen LogP contribution is -2.33. The molecule has 0 aliphatic heterocycles. The van der Waals surface area contributed by atoms with E-state index in [4.69, 9.17) is 5.11 Å². The molecule has 0 amide bonds. The molecule has 0 fully saturated rings. The largest absolute Gasteiger partial charge is 0.477 e. The van der Waals surface area contributed by atoms with Gasteiger partial charge in [0.15, 0.2) is 5.82 Å². The SMILES string of the molecule is O=C(O)c1cn(Cc2ncon2)c(=O)[nH]c1=O. The van der Waals surface area contributed by atoms with Gasteiger partial charge in [-0.15, -0.1) is 0 Å². The predicted molar refractivity (Wildman–Crippen MR) is 51.7 cm³/mol. The smallest absolute Gasteiger partial charge is 0.342 e. The average Bonchev–Trinajstić information content (AvgIpc) is 2.74. The number of hydrogen-bond acceptors (Lipinski definition) is 6. The minimum absolute atomic E-state index is 0.0909. The van der Waals surface area contributed by atoms with Gasteiger partial charge in [0.25, 0.3) is 5.56 Å². The Morgan fingerprint density at radius 2 is 2.29 bits per heavy atom. The number of carboxylic acids is 1. The van der Waals surface area contributed by atoms with Crippen molar-refractivity contribution in [2.45, 2.75) is 6.54 Å². The quantitative estimate of drug-likeness (QED) is 0.676. The van der Waals surface area contributed by atoms with Gasteiger partial charge in [-0.3, -0.25) is 14.3 Å². The number of hydrogen-bond donors (Lipinski definition) is 2. The summed E-state index contributed by atoms with van der Waals surface area (Å²) in [6, 6.07) is 0. The van der Waals surface area contributed by atoms with Crippen molar-refractivity contribution in [3.63, 3.8) is 0 Å². The van der Waals surface area contributed by atoms with Crippen LogP contribution in [0.25, 0.3) is 0 Å². The minimum atomic E-state index is -1.42. The van der Waals surface area contributed by atoms with Crippen molar-refractivity contribution in [2.75, 3.05) is 0 Å². The van der Waals surface area contributed by atoms with Crippen molar-refractivity contribution in [1.82, 2.24) is 19.7 Å². The van der Waals surface area contributed by atoms with Gasteiger partial charge < -0.3 is 9.63 Å². The summed E-state index contributed by atoms with van der Waals surface area (Å²) in [5.41, 5.74) is -2.23. The molecule has 88 valence electrons. The number of aromatic carboxylic acids is 1. The van der Waals surface area contributed by atoms with Gasteiger partial charge in [0.1, 0.15) is 5.56 Å². The van der Waals surface area contributed by atoms with Gasteiger partial charge in [0, 0.05) is 6.20 Å². The molecule has 2 rings (SSSR count). The van der Waals surface area contributed by atoms with Crippen molar-refractivity contribution >= 4 is 5.97 Å². The maximum absolute atomic E-state index is 11.4. The zero-order valence-corrected chi connectivity index (χ0v) is 8.28. The van der Waals surface area contributed by atoms with Crippen LogP contribution < -0.4 is 11.2 Å². The summed E-state index contributed by atoms with van der Waals surface area (Å²) in [5.74, 6) is -1.23. The van der Waals surface area contributed by atoms with E-state index < -0.39 is 22.8 Å². The predicted octanol–water partition coefficient (Wildman–Crippen LogP) is -1.33. The first-order chi connectivity index (χ1) is 8.08. The molecule has 2 heterocycles. The molecule has 0 radical (unpaired) electrons. The van der Waals surface area contributed by atoms with E-state index >= 15 is 0 Å². The van der Waals surface area contributed by atoms with Crippen molar-refractivity contribution in [2.24, 2.45) is 0 Å². The molecule has 0 atom stereocenters. The maximum atomic E-state index is 11.4. The number of H-pyrrole nitrogens is 1. The Labute approximate surface area is 92.3 Å². The van der Waals surface area contributed by atoms with E-state index in [0.29, 0.717) is 0 Å². The highest BCUT2D eigenvalue weighted by Gasteiger charge is 2.12. The van der Waals surface area contributed by atoms with Gasteiger partial charge in [-0.2, -0.15) is 4.98 Å². The number of carbonyl (C=O) groups is 1. The molecule has 9 heteroatoms. The summed E-state index contributed by atoms with van der Waals surface area (Å²) in [7, 11) is 0. The van der Waals surface area contributed by atoms with Crippen LogP contribution in [0.15, 0.2) is 26.7 Å². The van der Waals surface area contributed by atoms with Crippen LogP contribution in [0, 0.1) is 0 Å². The molecule has 0 saturated heterocycles. The Kier molecular flexibility index (Phi) is 2.57. The van der Waals surface area contributed by atoms with Crippen LogP contribution in [0.1, 0.15) is 16.2 Å². The standard InChI is InChI=1S/C8H6N4O5/c13-6-4(7(14)15)1-12(8(16)10-6)2-5-9-3-17-11-5/h1,3H,2H2,(H,14,15)(H,10,13,16). The van der Waals surface area contributed by atoms with E-state index in [1.54, 1.807) is 0 Å². The Morgan fingerprint density at radius 1 is 1.53 bits per heavy atom. The third kappa shape index (κ3) is 2.12. The monoisotopic (exact) mass is 238 g/mol. The molecule has 0 spiro atoms. The second-order valence-electron chi connectivity index (χ2n) is 3.08. The lowest BCUT2D eigenvalue weighted by atomic mass is 10.3. The first kappa shape index (κ1) is 10.8. The molecular weight excluding hydrogens is 232 g/mol. The summed E-state index contributed by atoms with van der Waals surface area (Å²) in [5, 5.41) is 12.2. The van der Waals surface area contributed by atoms with Gasteiger partial charge in [0.05, 0.1) is 6.54 Å². The molecule has 0 aliphatic carbocycles. The molecule has 0 unspecified atom stereocenters. The molecule has 0 aromatic carbocycles. The van der Waals surface area contributed by atoms with Crippen LogP contribution in [-0.2, 0) is 6.54 Å². The lowest BCUT2D eigenvalue weighted by molar-refractivity contribution is 0.0693. The number of carboxylic acid groups (broad SMARTS) is 1. The van der Waals surface area contributed by atoms with Crippen molar-refractivity contribution < 1.29 is 14.4 Å². The maximum Gasteiger partial charge on any atom is 0.342 e. The Morgan fingerprint density at radius 3 is 2.88 bits per heavy atom. The van der Waals surface area contributed by atoms with E-state index in [2.05, 4.69) is 14.7 Å². The highest BCUT2D eigenvalue weighted by molar-refractivity contribution is 5.86. The van der Waals surface area contributed by atoms with Crippen molar-refractivity contribution in [3.05, 3.63) is 44.8 Å². The normalized spacial score (nSPS) is 10.4. The summed E-state index contributed by atoms with van der Waals surface area (Å²) in [6.07, 6.45) is 2.00. The first-order valence-corrected chi connectivity index (χ1v) is 4.40. The molecule has 2 N–H and O–H groups in total. The van der Waals surface area contributed by atoms with Crippen molar-refractivity contribution in [3.8, 4) is 0 Å². The van der Waals surface area contributed by atoms with Crippen LogP contribution in [0.2, 0.25) is 0 Å². The Balaban J connectivity index is 2.47. The van der Waals surface area contributed by atoms with Crippen LogP contribution >= 0.6 is 0 Å². The zero-order valence-electron chi connectivity index (χ0n) is 8.28. The Hall–Kier alpha value is -2.71. The van der Waals surface area contributed by atoms with Crippen LogP contribution in [0.3, 0.4) is 0 Å². The summed E-state index contributed by atoms with van der Waals surface area (Å²) < 4.78 is 5.43. The van der Waals surface area contributed by atoms with Gasteiger partial charge in [-0.1, -0.05) is 5.16 Å². The molecular formula is C8H6N4O5. The van der Waals surface area contributed by atoms with Gasteiger partial charge >= 0.3 is 11.7 Å². The molecule has 2 aromatic heterocycles. The van der Waals surface area contributed by atoms with E-state index in [9.17, 15) is 14.4 Å². The first-order valence-electron chi connectivity index (χ1n) is 4.40. The third-order valence-electron chi connectivity index (χ3n) is 1.96. The zero-order chi connectivity index (χ0) is 12.4. The Bertz CT molecular complexity index is 653. The summed E-state index contributed by atoms with van der Waals surface area (Å²) in [4.78, 5) is 38.8. The van der Waals surface area contributed by atoms with E-state index in [1.807, 2.05) is 4.98 Å². The number of nitrogens with zero attached hydrogens (tertiary/aromatic N) is 3. The fourth-order valence-electron chi connectivity index (χ4n) is 1.19. The summed E-state index contributed by atoms with van der Waals surface area (Å²) in [6.45, 7) is -0.0909. The number of rotatable bonds is 3. The van der Waals surface area contributed by atoms with Crippen LogP contribution in [0.5, 0.6) is 0 Å². The molecule has 9 nitrogen and oxygen atoms in total. The van der Waals surface area contributed by atoms with Gasteiger partial charge in [0.2, 0.25) is 6.39 Å². The number of aromatic amines is 1. The number of nitrogens with one attached hydrogen (secondary N) is 1. The lowest BCUT2D eigenvalue weighted by Gasteiger charge is -2.02. The van der Waals surface area contributed by atoms with E-state index in [0.717, 1.165) is 17.2 Å². The molecule has 2 aromatic rings. The fraction of sp³-hybridized carbons (Fsp3) is 0.125. The van der Waals surface area contributed by atoms with E-state index in [-0.39, 0.29) is 12.4 Å². The molecule has 17 heavy (non-hydrogen) atoms. The topological polar surface area (TPSA) is 131 Å². The molecule has 0 aliphatic rings. The van der Waals surface area contributed by atoms with Crippen LogP contribution in [-0.4, -0.2) is 30.8 Å².